The number of thioether (sulfide) groups is 1. The second kappa shape index (κ2) is 7.40. The molecule has 0 spiro atoms. The van der Waals surface area contributed by atoms with Gasteiger partial charge in [0.25, 0.3) is 0 Å². The first-order valence-electron chi connectivity index (χ1n) is 6.12. The molecule has 0 aromatic heterocycles. The summed E-state index contributed by atoms with van der Waals surface area (Å²) in [5.41, 5.74) is 0.661. The number of hydrogen-bond acceptors (Lipinski definition) is 3. The molecule has 0 unspecified atom stereocenters. The van der Waals surface area contributed by atoms with Crippen molar-refractivity contribution in [1.29, 1.82) is 0 Å². The highest BCUT2D eigenvalue weighted by atomic mass is 32.2. The number of hydrogen-bond donors (Lipinski definition) is 1. The molecule has 0 saturated heterocycles. The molecular formula is C16H15NO2S. The Hall–Kier alpha value is -2.20. The lowest BCUT2D eigenvalue weighted by atomic mass is 10.3. The van der Waals surface area contributed by atoms with E-state index in [1.165, 1.54) is 17.8 Å². The molecule has 0 saturated carbocycles. The van der Waals surface area contributed by atoms with Crippen molar-refractivity contribution < 1.29 is 9.53 Å². The minimum absolute atomic E-state index is 0.182. The SMILES string of the molecule is COc1ccccc1NC(=O)C=CSc1ccccc1. The van der Waals surface area contributed by atoms with Crippen molar-refractivity contribution in [3.8, 4) is 5.75 Å². The van der Waals surface area contributed by atoms with Gasteiger partial charge in [0, 0.05) is 11.0 Å². The third kappa shape index (κ3) is 4.17. The first-order valence-corrected chi connectivity index (χ1v) is 7.00. The summed E-state index contributed by atoms with van der Waals surface area (Å²) in [6.07, 6.45) is 1.50. The van der Waals surface area contributed by atoms with Gasteiger partial charge in [-0.2, -0.15) is 0 Å². The first-order chi connectivity index (χ1) is 9.79. The summed E-state index contributed by atoms with van der Waals surface area (Å²) < 4.78 is 5.18. The molecule has 4 heteroatoms. The van der Waals surface area contributed by atoms with Crippen LogP contribution in [0, 0.1) is 0 Å². The van der Waals surface area contributed by atoms with E-state index in [0.717, 1.165) is 4.90 Å². The summed E-state index contributed by atoms with van der Waals surface area (Å²) in [6, 6.07) is 17.2. The highest BCUT2D eigenvalue weighted by Crippen LogP contribution is 2.23. The summed E-state index contributed by atoms with van der Waals surface area (Å²) in [6.45, 7) is 0. The fourth-order valence-electron chi connectivity index (χ4n) is 1.60. The maximum atomic E-state index is 11.8. The highest BCUT2D eigenvalue weighted by molar-refractivity contribution is 8.02. The van der Waals surface area contributed by atoms with Crippen LogP contribution in [0.25, 0.3) is 0 Å². The molecule has 2 aromatic rings. The lowest BCUT2D eigenvalue weighted by Gasteiger charge is -2.07. The number of anilines is 1. The molecule has 2 aromatic carbocycles. The van der Waals surface area contributed by atoms with Crippen LogP contribution in [0.2, 0.25) is 0 Å². The smallest absolute Gasteiger partial charge is 0.248 e. The predicted octanol–water partition coefficient (Wildman–Crippen LogP) is 3.94. The zero-order valence-electron chi connectivity index (χ0n) is 11.1. The van der Waals surface area contributed by atoms with Gasteiger partial charge in [0.15, 0.2) is 0 Å². The van der Waals surface area contributed by atoms with Crippen LogP contribution in [0.1, 0.15) is 0 Å². The Balaban J connectivity index is 1.92. The molecule has 0 fully saturated rings. The van der Waals surface area contributed by atoms with Crippen molar-refractivity contribution >= 4 is 23.4 Å². The summed E-state index contributed by atoms with van der Waals surface area (Å²) in [7, 11) is 1.58. The van der Waals surface area contributed by atoms with Gasteiger partial charge >= 0.3 is 0 Å². The van der Waals surface area contributed by atoms with Gasteiger partial charge in [0.2, 0.25) is 5.91 Å². The molecule has 102 valence electrons. The van der Waals surface area contributed by atoms with Crippen LogP contribution in [0.5, 0.6) is 5.75 Å². The van der Waals surface area contributed by atoms with Crippen LogP contribution in [-0.2, 0) is 4.79 Å². The van der Waals surface area contributed by atoms with Crippen molar-refractivity contribution in [2.75, 3.05) is 12.4 Å². The average Bonchev–Trinajstić information content (AvgIpc) is 2.49. The van der Waals surface area contributed by atoms with Gasteiger partial charge < -0.3 is 10.1 Å². The molecule has 0 aliphatic carbocycles. The molecule has 3 nitrogen and oxygen atoms in total. The highest BCUT2D eigenvalue weighted by Gasteiger charge is 2.03. The third-order valence-corrected chi connectivity index (χ3v) is 3.35. The lowest BCUT2D eigenvalue weighted by molar-refractivity contribution is -0.111. The molecule has 0 aliphatic heterocycles. The number of nitrogens with one attached hydrogen (secondary N) is 1. The predicted molar refractivity (Wildman–Crippen MR) is 83.1 cm³/mol. The number of rotatable bonds is 5. The number of para-hydroxylation sites is 2. The topological polar surface area (TPSA) is 38.3 Å². The average molecular weight is 285 g/mol. The number of carbonyl (C=O) groups excluding carboxylic acids is 1. The van der Waals surface area contributed by atoms with Crippen LogP contribution in [0.4, 0.5) is 5.69 Å². The third-order valence-electron chi connectivity index (χ3n) is 2.53. The Labute approximate surface area is 122 Å². The van der Waals surface area contributed by atoms with Crippen LogP contribution >= 0.6 is 11.8 Å². The molecule has 0 heterocycles. The van der Waals surface area contributed by atoms with E-state index in [1.54, 1.807) is 24.7 Å². The summed E-state index contributed by atoms with van der Waals surface area (Å²) in [5.74, 6) is 0.461. The van der Waals surface area contributed by atoms with E-state index in [2.05, 4.69) is 5.32 Å². The Morgan fingerprint density at radius 3 is 2.55 bits per heavy atom. The molecular weight excluding hydrogens is 270 g/mol. The zero-order chi connectivity index (χ0) is 14.2. The maximum absolute atomic E-state index is 11.8. The van der Waals surface area contributed by atoms with E-state index in [9.17, 15) is 4.79 Å². The second-order valence-electron chi connectivity index (χ2n) is 3.92. The number of benzene rings is 2. The Morgan fingerprint density at radius 1 is 1.10 bits per heavy atom. The van der Waals surface area contributed by atoms with E-state index in [4.69, 9.17) is 4.74 Å². The van der Waals surface area contributed by atoms with Crippen LogP contribution in [0.3, 0.4) is 0 Å². The lowest BCUT2D eigenvalue weighted by Crippen LogP contribution is -2.08. The van der Waals surface area contributed by atoms with Gasteiger partial charge in [-0.15, -0.1) is 0 Å². The Morgan fingerprint density at radius 2 is 1.80 bits per heavy atom. The number of ether oxygens (including phenoxy) is 1. The fraction of sp³-hybridized carbons (Fsp3) is 0.0625. The van der Waals surface area contributed by atoms with Gasteiger partial charge in [0.05, 0.1) is 12.8 Å². The summed E-state index contributed by atoms with van der Waals surface area (Å²) >= 11 is 1.50. The normalized spacial score (nSPS) is 10.4. The van der Waals surface area contributed by atoms with Gasteiger partial charge in [-0.1, -0.05) is 42.1 Å². The van der Waals surface area contributed by atoms with Crippen LogP contribution in [0.15, 0.2) is 71.0 Å². The van der Waals surface area contributed by atoms with E-state index in [0.29, 0.717) is 11.4 Å². The van der Waals surface area contributed by atoms with E-state index >= 15 is 0 Å². The molecule has 0 atom stereocenters. The van der Waals surface area contributed by atoms with Crippen molar-refractivity contribution in [2.24, 2.45) is 0 Å². The standard InChI is InChI=1S/C16H15NO2S/c1-19-15-10-6-5-9-14(15)17-16(18)11-12-20-13-7-3-2-4-8-13/h2-12H,1H3,(H,17,18). The van der Waals surface area contributed by atoms with Crippen molar-refractivity contribution in [3.05, 3.63) is 66.1 Å². The number of carbonyl (C=O) groups is 1. The zero-order valence-corrected chi connectivity index (χ0v) is 11.9. The van der Waals surface area contributed by atoms with Gasteiger partial charge in [-0.3, -0.25) is 4.79 Å². The summed E-state index contributed by atoms with van der Waals surface area (Å²) in [5, 5.41) is 4.55. The molecule has 2 rings (SSSR count). The number of methoxy groups -OCH3 is 1. The molecule has 1 N–H and O–H groups in total. The Kier molecular flexibility index (Phi) is 5.26. The maximum Gasteiger partial charge on any atom is 0.248 e. The van der Waals surface area contributed by atoms with Crippen molar-refractivity contribution in [3.63, 3.8) is 0 Å². The molecule has 20 heavy (non-hydrogen) atoms. The second-order valence-corrected chi connectivity index (χ2v) is 4.90. The molecule has 0 radical (unpaired) electrons. The van der Waals surface area contributed by atoms with Crippen molar-refractivity contribution in [1.82, 2.24) is 0 Å². The molecule has 1 amide bonds. The van der Waals surface area contributed by atoms with Gasteiger partial charge in [0.1, 0.15) is 5.75 Å². The monoisotopic (exact) mass is 285 g/mol. The van der Waals surface area contributed by atoms with Crippen LogP contribution < -0.4 is 10.1 Å². The van der Waals surface area contributed by atoms with Gasteiger partial charge in [-0.05, 0) is 29.7 Å². The number of amides is 1. The Bertz CT molecular complexity index is 596. The molecule has 0 aliphatic rings. The summed E-state index contributed by atoms with van der Waals surface area (Å²) in [4.78, 5) is 12.9. The van der Waals surface area contributed by atoms with Crippen LogP contribution in [-0.4, -0.2) is 13.0 Å². The first kappa shape index (κ1) is 14.2. The van der Waals surface area contributed by atoms with Gasteiger partial charge in [-0.25, -0.2) is 0 Å². The molecule has 0 bridgehead atoms. The van der Waals surface area contributed by atoms with Crippen molar-refractivity contribution in [2.45, 2.75) is 4.90 Å². The fourth-order valence-corrected chi connectivity index (χ4v) is 2.26. The quantitative estimate of drug-likeness (QED) is 0.668. The van der Waals surface area contributed by atoms with E-state index in [-0.39, 0.29) is 5.91 Å². The minimum atomic E-state index is -0.182. The van der Waals surface area contributed by atoms with E-state index < -0.39 is 0 Å². The minimum Gasteiger partial charge on any atom is -0.495 e. The largest absolute Gasteiger partial charge is 0.495 e. The van der Waals surface area contributed by atoms with E-state index in [1.807, 2.05) is 42.5 Å².